The van der Waals surface area contributed by atoms with Crippen LogP contribution in [0.15, 0.2) is 42.5 Å². The van der Waals surface area contributed by atoms with Crippen LogP contribution in [0.4, 0.5) is 13.2 Å². The van der Waals surface area contributed by atoms with Crippen LogP contribution in [0.3, 0.4) is 0 Å². The molecule has 0 saturated carbocycles. The molecule has 22 heavy (non-hydrogen) atoms. The number of hydrogen-bond acceptors (Lipinski definition) is 3. The van der Waals surface area contributed by atoms with E-state index in [2.05, 4.69) is 4.98 Å². The number of rotatable bonds is 2. The second kappa shape index (κ2) is 5.10. The Morgan fingerprint density at radius 2 is 1.82 bits per heavy atom. The van der Waals surface area contributed by atoms with Gasteiger partial charge in [-0.15, -0.1) is 11.3 Å². The summed E-state index contributed by atoms with van der Waals surface area (Å²) in [4.78, 5) is 15.5. The van der Waals surface area contributed by atoms with Crippen molar-refractivity contribution >= 4 is 27.5 Å². The summed E-state index contributed by atoms with van der Waals surface area (Å²) in [6, 6.07) is 10.4. The van der Waals surface area contributed by atoms with Crippen LogP contribution in [0.2, 0.25) is 0 Å². The Morgan fingerprint density at radius 1 is 1.09 bits per heavy atom. The maximum absolute atomic E-state index is 13.0. The molecule has 3 nitrogen and oxygen atoms in total. The standard InChI is InChI=1S/C15H9F3N2OS/c16-15(17,18)10-6-3-7-11-12(10)20-14(22-11)9-5-2-1-4-8(9)13(19)21/h1-7H,(H2,19,21). The van der Waals surface area contributed by atoms with Crippen molar-refractivity contribution in [3.05, 3.63) is 53.6 Å². The molecule has 2 aromatic carbocycles. The molecule has 2 N–H and O–H groups in total. The van der Waals surface area contributed by atoms with Crippen LogP contribution in [-0.2, 0) is 6.18 Å². The van der Waals surface area contributed by atoms with Gasteiger partial charge >= 0.3 is 6.18 Å². The fourth-order valence-electron chi connectivity index (χ4n) is 2.18. The molecule has 0 unspecified atom stereocenters. The second-order valence-corrected chi connectivity index (χ2v) is 5.61. The van der Waals surface area contributed by atoms with E-state index in [4.69, 9.17) is 5.73 Å². The third kappa shape index (κ3) is 2.43. The summed E-state index contributed by atoms with van der Waals surface area (Å²) >= 11 is 1.09. The van der Waals surface area contributed by atoms with Crippen molar-refractivity contribution in [2.75, 3.05) is 0 Å². The highest BCUT2D eigenvalue weighted by atomic mass is 32.1. The van der Waals surface area contributed by atoms with Crippen LogP contribution in [-0.4, -0.2) is 10.9 Å². The number of primary amides is 1. The van der Waals surface area contributed by atoms with Crippen LogP contribution >= 0.6 is 11.3 Å². The molecule has 7 heteroatoms. The van der Waals surface area contributed by atoms with Crippen LogP contribution in [0.25, 0.3) is 20.8 Å². The maximum atomic E-state index is 13.0. The first-order chi connectivity index (χ1) is 10.4. The number of fused-ring (bicyclic) bond motifs is 1. The summed E-state index contributed by atoms with van der Waals surface area (Å²) in [6.07, 6.45) is -4.48. The van der Waals surface area contributed by atoms with E-state index in [1.807, 2.05) is 0 Å². The number of carbonyl (C=O) groups excluding carboxylic acids is 1. The number of nitrogens with zero attached hydrogens (tertiary/aromatic N) is 1. The first kappa shape index (κ1) is 14.5. The largest absolute Gasteiger partial charge is 0.418 e. The van der Waals surface area contributed by atoms with E-state index in [1.54, 1.807) is 24.3 Å². The molecule has 3 rings (SSSR count). The lowest BCUT2D eigenvalue weighted by atomic mass is 10.1. The summed E-state index contributed by atoms with van der Waals surface area (Å²) < 4.78 is 39.5. The number of para-hydroxylation sites is 1. The van der Waals surface area contributed by atoms with E-state index >= 15 is 0 Å². The monoisotopic (exact) mass is 322 g/mol. The van der Waals surface area contributed by atoms with Crippen molar-refractivity contribution in [2.45, 2.75) is 6.18 Å². The van der Waals surface area contributed by atoms with Crippen LogP contribution in [0.5, 0.6) is 0 Å². The minimum atomic E-state index is -4.48. The summed E-state index contributed by atoms with van der Waals surface area (Å²) in [7, 11) is 0. The van der Waals surface area contributed by atoms with Crippen molar-refractivity contribution in [1.29, 1.82) is 0 Å². The normalized spacial score (nSPS) is 11.8. The van der Waals surface area contributed by atoms with Crippen LogP contribution in [0.1, 0.15) is 15.9 Å². The highest BCUT2D eigenvalue weighted by Crippen LogP contribution is 2.39. The van der Waals surface area contributed by atoms with Gasteiger partial charge in [-0.3, -0.25) is 4.79 Å². The Labute approximate surface area is 127 Å². The topological polar surface area (TPSA) is 56.0 Å². The second-order valence-electron chi connectivity index (χ2n) is 4.58. The predicted octanol–water partition coefficient (Wildman–Crippen LogP) is 4.08. The molecule has 0 spiro atoms. The number of benzene rings is 2. The molecule has 0 saturated heterocycles. The Bertz CT molecular complexity index is 871. The zero-order chi connectivity index (χ0) is 15.9. The third-order valence-corrected chi connectivity index (χ3v) is 4.20. The smallest absolute Gasteiger partial charge is 0.366 e. The lowest BCUT2D eigenvalue weighted by Crippen LogP contribution is -2.12. The summed E-state index contributed by atoms with van der Waals surface area (Å²) in [6.45, 7) is 0. The van der Waals surface area contributed by atoms with Gasteiger partial charge in [-0.25, -0.2) is 4.98 Å². The minimum absolute atomic E-state index is 0.116. The third-order valence-electron chi connectivity index (χ3n) is 3.15. The molecule has 0 aliphatic carbocycles. The molecule has 0 atom stereocenters. The van der Waals surface area contributed by atoms with Gasteiger partial charge in [-0.05, 0) is 18.2 Å². The summed E-state index contributed by atoms with van der Waals surface area (Å²) in [5.74, 6) is -0.647. The van der Waals surface area contributed by atoms with Gasteiger partial charge in [-0.2, -0.15) is 13.2 Å². The molecule has 1 aromatic heterocycles. The number of halogens is 3. The average Bonchev–Trinajstić information content (AvgIpc) is 2.89. The Hall–Kier alpha value is -2.41. The van der Waals surface area contributed by atoms with Crippen LogP contribution < -0.4 is 5.73 Å². The number of hydrogen-bond donors (Lipinski definition) is 1. The SMILES string of the molecule is NC(=O)c1ccccc1-c1nc2c(C(F)(F)F)cccc2s1. The lowest BCUT2D eigenvalue weighted by molar-refractivity contribution is -0.136. The predicted molar refractivity (Wildman–Crippen MR) is 78.6 cm³/mol. The van der Waals surface area contributed by atoms with Gasteiger partial charge < -0.3 is 5.73 Å². The molecular weight excluding hydrogens is 313 g/mol. The van der Waals surface area contributed by atoms with Gasteiger partial charge in [0.2, 0.25) is 5.91 Å². The Morgan fingerprint density at radius 3 is 2.50 bits per heavy atom. The molecule has 0 aliphatic rings. The minimum Gasteiger partial charge on any atom is -0.366 e. The molecule has 0 radical (unpaired) electrons. The van der Waals surface area contributed by atoms with Gasteiger partial charge in [0.1, 0.15) is 5.01 Å². The van der Waals surface area contributed by atoms with Crippen molar-refractivity contribution in [1.82, 2.24) is 4.98 Å². The Kier molecular flexibility index (Phi) is 3.37. The van der Waals surface area contributed by atoms with Crippen molar-refractivity contribution in [3.63, 3.8) is 0 Å². The average molecular weight is 322 g/mol. The van der Waals surface area contributed by atoms with Gasteiger partial charge in [-0.1, -0.05) is 24.3 Å². The van der Waals surface area contributed by atoms with E-state index in [-0.39, 0.29) is 11.1 Å². The quantitative estimate of drug-likeness (QED) is 0.773. The van der Waals surface area contributed by atoms with E-state index in [0.717, 1.165) is 17.4 Å². The highest BCUT2D eigenvalue weighted by Gasteiger charge is 2.33. The first-order valence-corrected chi connectivity index (χ1v) is 7.05. The fraction of sp³-hybridized carbons (Fsp3) is 0.0667. The van der Waals surface area contributed by atoms with Crippen molar-refractivity contribution in [2.24, 2.45) is 5.73 Å². The molecular formula is C15H9F3N2OS. The number of alkyl halides is 3. The van der Waals surface area contributed by atoms with E-state index in [9.17, 15) is 18.0 Å². The maximum Gasteiger partial charge on any atom is 0.418 e. The number of nitrogens with two attached hydrogens (primary N) is 1. The zero-order valence-corrected chi connectivity index (χ0v) is 11.8. The molecule has 3 aromatic rings. The molecule has 0 aliphatic heterocycles. The molecule has 112 valence electrons. The van der Waals surface area contributed by atoms with E-state index in [0.29, 0.717) is 15.3 Å². The number of amides is 1. The number of carbonyl (C=O) groups is 1. The molecule has 1 heterocycles. The number of thiazole rings is 1. The lowest BCUT2D eigenvalue weighted by Gasteiger charge is -2.06. The summed E-state index contributed by atoms with van der Waals surface area (Å²) in [5, 5.41) is 0.334. The first-order valence-electron chi connectivity index (χ1n) is 6.24. The molecule has 0 bridgehead atoms. The molecule has 0 fully saturated rings. The van der Waals surface area contributed by atoms with E-state index in [1.165, 1.54) is 12.1 Å². The fourth-order valence-corrected chi connectivity index (χ4v) is 3.21. The van der Waals surface area contributed by atoms with Gasteiger partial charge in [0.15, 0.2) is 0 Å². The van der Waals surface area contributed by atoms with E-state index < -0.39 is 17.6 Å². The van der Waals surface area contributed by atoms with Crippen molar-refractivity contribution in [3.8, 4) is 10.6 Å². The zero-order valence-electron chi connectivity index (χ0n) is 11.0. The Balaban J connectivity index is 2.25. The highest BCUT2D eigenvalue weighted by molar-refractivity contribution is 7.21. The van der Waals surface area contributed by atoms with Gasteiger partial charge in [0.05, 0.1) is 15.8 Å². The van der Waals surface area contributed by atoms with Gasteiger partial charge in [0.25, 0.3) is 0 Å². The van der Waals surface area contributed by atoms with Crippen LogP contribution in [0, 0.1) is 0 Å². The summed E-state index contributed by atoms with van der Waals surface area (Å²) in [5.41, 5.74) is 5.07. The molecule has 1 amide bonds. The number of aromatic nitrogens is 1. The van der Waals surface area contributed by atoms with Crippen molar-refractivity contribution < 1.29 is 18.0 Å². The van der Waals surface area contributed by atoms with Gasteiger partial charge in [0, 0.05) is 11.1 Å².